The first-order valence-corrected chi connectivity index (χ1v) is 9.60. The van der Waals surface area contributed by atoms with Crippen LogP contribution in [0.15, 0.2) is 41.8 Å². The van der Waals surface area contributed by atoms with Gasteiger partial charge in [0.1, 0.15) is 5.82 Å². The lowest BCUT2D eigenvalue weighted by Crippen LogP contribution is -2.45. The second-order valence-corrected chi connectivity index (χ2v) is 7.39. The summed E-state index contributed by atoms with van der Waals surface area (Å²) in [5, 5.41) is 1.97. The van der Waals surface area contributed by atoms with E-state index in [9.17, 15) is 14.0 Å². The number of carbonyl (C=O) groups excluding carboxylic acids is 2. The number of benzene rings is 1. The predicted octanol–water partition coefficient (Wildman–Crippen LogP) is 4.06. The Balaban J connectivity index is 2.16. The van der Waals surface area contributed by atoms with E-state index in [1.165, 1.54) is 19.1 Å². The highest BCUT2D eigenvalue weighted by atomic mass is 32.1. The van der Waals surface area contributed by atoms with Crippen LogP contribution in [0.25, 0.3) is 0 Å². The number of carbonyl (C=O) groups is 2. The molecule has 1 heterocycles. The fourth-order valence-electron chi connectivity index (χ4n) is 2.68. The molecule has 1 unspecified atom stereocenters. The molecule has 0 spiro atoms. The van der Waals surface area contributed by atoms with E-state index in [1.54, 1.807) is 33.3 Å². The smallest absolute Gasteiger partial charge is 0.242 e. The van der Waals surface area contributed by atoms with E-state index in [1.807, 2.05) is 31.4 Å². The summed E-state index contributed by atoms with van der Waals surface area (Å²) in [6.45, 7) is 6.33. The lowest BCUT2D eigenvalue weighted by molar-refractivity contribution is -0.141. The van der Waals surface area contributed by atoms with Crippen molar-refractivity contribution in [3.8, 4) is 0 Å². The molecule has 6 heteroatoms. The van der Waals surface area contributed by atoms with E-state index in [2.05, 4.69) is 0 Å². The maximum atomic E-state index is 13.2. The van der Waals surface area contributed by atoms with E-state index in [-0.39, 0.29) is 30.2 Å². The fraction of sp³-hybridized carbons (Fsp3) is 0.400. The maximum Gasteiger partial charge on any atom is 0.242 e. The van der Waals surface area contributed by atoms with E-state index >= 15 is 0 Å². The lowest BCUT2D eigenvalue weighted by atomic mass is 10.2. The van der Waals surface area contributed by atoms with Crippen LogP contribution in [0.4, 0.5) is 4.39 Å². The Morgan fingerprint density at radius 3 is 2.38 bits per heavy atom. The Hall–Kier alpha value is -2.21. The summed E-state index contributed by atoms with van der Waals surface area (Å²) in [5.74, 6) is -0.520. The molecule has 1 aromatic carbocycles. The van der Waals surface area contributed by atoms with Crippen molar-refractivity contribution in [1.29, 1.82) is 0 Å². The van der Waals surface area contributed by atoms with E-state index < -0.39 is 0 Å². The number of amides is 2. The Labute approximate surface area is 158 Å². The number of halogens is 1. The minimum absolute atomic E-state index is 0.00542. The monoisotopic (exact) mass is 376 g/mol. The topological polar surface area (TPSA) is 40.6 Å². The third kappa shape index (κ3) is 5.66. The number of hydrogen-bond donors (Lipinski definition) is 0. The second kappa shape index (κ2) is 9.48. The van der Waals surface area contributed by atoms with Gasteiger partial charge in [-0.25, -0.2) is 4.39 Å². The molecular formula is C20H25FN2O2S. The molecule has 0 saturated heterocycles. The van der Waals surface area contributed by atoms with Crippen molar-refractivity contribution in [2.45, 2.75) is 46.3 Å². The first-order chi connectivity index (χ1) is 12.4. The Kier molecular flexibility index (Phi) is 7.33. The highest BCUT2D eigenvalue weighted by molar-refractivity contribution is 7.09. The van der Waals surface area contributed by atoms with Gasteiger partial charge in [0.05, 0.1) is 13.1 Å². The van der Waals surface area contributed by atoms with Crippen molar-refractivity contribution < 1.29 is 14.0 Å². The number of rotatable bonds is 8. The van der Waals surface area contributed by atoms with E-state index in [0.29, 0.717) is 13.1 Å². The summed E-state index contributed by atoms with van der Waals surface area (Å²) >= 11 is 1.58. The van der Waals surface area contributed by atoms with Crippen LogP contribution in [0.1, 0.15) is 37.6 Å². The van der Waals surface area contributed by atoms with Crippen molar-refractivity contribution in [3.63, 3.8) is 0 Å². The van der Waals surface area contributed by atoms with Crippen LogP contribution in [-0.2, 0) is 22.7 Å². The van der Waals surface area contributed by atoms with Crippen LogP contribution < -0.4 is 0 Å². The van der Waals surface area contributed by atoms with Crippen LogP contribution in [0.3, 0.4) is 0 Å². The van der Waals surface area contributed by atoms with E-state index in [0.717, 1.165) is 16.9 Å². The first-order valence-electron chi connectivity index (χ1n) is 8.72. The molecule has 2 amide bonds. The maximum absolute atomic E-state index is 13.2. The molecule has 4 nitrogen and oxygen atoms in total. The summed E-state index contributed by atoms with van der Waals surface area (Å²) in [7, 11) is 0. The zero-order chi connectivity index (χ0) is 19.1. The van der Waals surface area contributed by atoms with Crippen molar-refractivity contribution in [1.82, 2.24) is 9.80 Å². The molecular weight excluding hydrogens is 351 g/mol. The zero-order valence-corrected chi connectivity index (χ0v) is 16.3. The van der Waals surface area contributed by atoms with Crippen molar-refractivity contribution in [2.24, 2.45) is 0 Å². The van der Waals surface area contributed by atoms with E-state index in [4.69, 9.17) is 0 Å². The number of thiophene rings is 1. The summed E-state index contributed by atoms with van der Waals surface area (Å²) in [6, 6.07) is 10.1. The predicted molar refractivity (Wildman–Crippen MR) is 102 cm³/mol. The second-order valence-electron chi connectivity index (χ2n) is 6.36. The van der Waals surface area contributed by atoms with Crippen molar-refractivity contribution in [2.75, 3.05) is 6.54 Å². The molecule has 140 valence electrons. The standard InChI is InChI=1S/C20H25FN2O2S/c1-4-15(2)23(16(3)24)14-20(25)22(13-19-6-5-11-26-19)12-17-7-9-18(21)10-8-17/h5-11,15H,4,12-14H2,1-3H3. The van der Waals surface area contributed by atoms with Crippen LogP contribution in [0.5, 0.6) is 0 Å². The van der Waals surface area contributed by atoms with Crippen LogP contribution >= 0.6 is 11.3 Å². The molecule has 2 rings (SSSR count). The summed E-state index contributed by atoms with van der Waals surface area (Å²) in [4.78, 5) is 29.3. The highest BCUT2D eigenvalue weighted by Crippen LogP contribution is 2.16. The lowest BCUT2D eigenvalue weighted by Gasteiger charge is -2.30. The van der Waals surface area contributed by atoms with Gasteiger partial charge in [-0.15, -0.1) is 11.3 Å². The quantitative estimate of drug-likeness (QED) is 0.697. The van der Waals surface area contributed by atoms with Gasteiger partial charge in [-0.1, -0.05) is 25.1 Å². The largest absolute Gasteiger partial charge is 0.332 e. The van der Waals surface area contributed by atoms with Crippen molar-refractivity contribution >= 4 is 23.2 Å². The average Bonchev–Trinajstić information content (AvgIpc) is 3.13. The van der Waals surface area contributed by atoms with Gasteiger partial charge in [-0.2, -0.15) is 0 Å². The Morgan fingerprint density at radius 1 is 1.15 bits per heavy atom. The van der Waals surface area contributed by atoms with Gasteiger partial charge in [0.2, 0.25) is 11.8 Å². The normalized spacial score (nSPS) is 11.8. The minimum atomic E-state index is -0.301. The summed E-state index contributed by atoms with van der Waals surface area (Å²) in [6.07, 6.45) is 0.787. The molecule has 0 bridgehead atoms. The van der Waals surface area contributed by atoms with Gasteiger partial charge in [0, 0.05) is 24.4 Å². The molecule has 1 atom stereocenters. The van der Waals surface area contributed by atoms with Crippen molar-refractivity contribution in [3.05, 3.63) is 58.0 Å². The molecule has 0 aliphatic carbocycles. The van der Waals surface area contributed by atoms with Gasteiger partial charge in [0.15, 0.2) is 0 Å². The van der Waals surface area contributed by atoms with Gasteiger partial charge in [0.25, 0.3) is 0 Å². The molecule has 26 heavy (non-hydrogen) atoms. The molecule has 2 aromatic rings. The fourth-order valence-corrected chi connectivity index (χ4v) is 3.40. The first kappa shape index (κ1) is 20.1. The molecule has 0 aliphatic rings. The van der Waals surface area contributed by atoms with Gasteiger partial charge in [-0.05, 0) is 42.5 Å². The molecule has 0 saturated carbocycles. The molecule has 0 aliphatic heterocycles. The third-order valence-corrected chi connectivity index (χ3v) is 5.26. The molecule has 0 radical (unpaired) electrons. The Morgan fingerprint density at radius 2 is 1.85 bits per heavy atom. The molecule has 0 N–H and O–H groups in total. The van der Waals surface area contributed by atoms with Crippen LogP contribution in [-0.4, -0.2) is 34.2 Å². The third-order valence-electron chi connectivity index (χ3n) is 4.40. The average molecular weight is 376 g/mol. The van der Waals surface area contributed by atoms with Crippen LogP contribution in [0, 0.1) is 5.82 Å². The summed E-state index contributed by atoms with van der Waals surface area (Å²) in [5.41, 5.74) is 0.856. The summed E-state index contributed by atoms with van der Waals surface area (Å²) < 4.78 is 13.2. The van der Waals surface area contributed by atoms with Crippen LogP contribution in [0.2, 0.25) is 0 Å². The minimum Gasteiger partial charge on any atom is -0.332 e. The van der Waals surface area contributed by atoms with Gasteiger partial charge in [-0.3, -0.25) is 9.59 Å². The highest BCUT2D eigenvalue weighted by Gasteiger charge is 2.23. The molecule has 1 aromatic heterocycles. The Bertz CT molecular complexity index is 716. The molecule has 0 fully saturated rings. The van der Waals surface area contributed by atoms with Gasteiger partial charge >= 0.3 is 0 Å². The van der Waals surface area contributed by atoms with Gasteiger partial charge < -0.3 is 9.80 Å². The SMILES string of the molecule is CCC(C)N(CC(=O)N(Cc1ccc(F)cc1)Cc1cccs1)C(C)=O. The number of hydrogen-bond acceptors (Lipinski definition) is 3. The zero-order valence-electron chi connectivity index (χ0n) is 15.4. The number of nitrogens with zero attached hydrogens (tertiary/aromatic N) is 2.